The first kappa shape index (κ1) is 15.6. The van der Waals surface area contributed by atoms with E-state index < -0.39 is 0 Å². The highest BCUT2D eigenvalue weighted by atomic mass is 19.1. The summed E-state index contributed by atoms with van der Waals surface area (Å²) in [7, 11) is 0. The lowest BCUT2D eigenvalue weighted by molar-refractivity contribution is -0.121. The van der Waals surface area contributed by atoms with Crippen LogP contribution in [-0.4, -0.2) is 25.0 Å². The van der Waals surface area contributed by atoms with Crippen LogP contribution in [0.15, 0.2) is 24.3 Å². The van der Waals surface area contributed by atoms with Crippen molar-refractivity contribution in [2.24, 2.45) is 0 Å². The average molecular weight is 266 g/mol. The second-order valence-electron chi connectivity index (χ2n) is 4.94. The van der Waals surface area contributed by atoms with Crippen LogP contribution in [0, 0.1) is 5.82 Å². The van der Waals surface area contributed by atoms with E-state index in [2.05, 4.69) is 24.5 Å². The molecule has 4 heteroatoms. The summed E-state index contributed by atoms with van der Waals surface area (Å²) in [5.74, 6) is -0.175. The summed E-state index contributed by atoms with van der Waals surface area (Å²) < 4.78 is 12.9. The molecule has 0 radical (unpaired) electrons. The van der Waals surface area contributed by atoms with Crippen molar-refractivity contribution in [2.45, 2.75) is 39.2 Å². The van der Waals surface area contributed by atoms with Crippen molar-refractivity contribution in [3.05, 3.63) is 35.6 Å². The van der Waals surface area contributed by atoms with Crippen LogP contribution in [0.3, 0.4) is 0 Å². The zero-order chi connectivity index (χ0) is 14.1. The molecular weight excluding hydrogens is 243 g/mol. The first-order valence-electron chi connectivity index (χ1n) is 6.82. The molecule has 0 atom stereocenters. The lowest BCUT2D eigenvalue weighted by Gasteiger charge is -2.08. The number of hydrogen-bond donors (Lipinski definition) is 2. The van der Waals surface area contributed by atoms with Gasteiger partial charge in [-0.15, -0.1) is 0 Å². The van der Waals surface area contributed by atoms with Gasteiger partial charge in [-0.3, -0.25) is 4.79 Å². The highest BCUT2D eigenvalue weighted by Crippen LogP contribution is 2.03. The summed E-state index contributed by atoms with van der Waals surface area (Å²) in [6.07, 6.45) is 2.03. The van der Waals surface area contributed by atoms with Gasteiger partial charge in [0.2, 0.25) is 5.91 Å². The van der Waals surface area contributed by atoms with Gasteiger partial charge in [0.1, 0.15) is 5.82 Å². The number of halogens is 1. The third-order valence-electron chi connectivity index (χ3n) is 2.76. The molecule has 0 spiro atoms. The molecule has 106 valence electrons. The Balaban J connectivity index is 2.10. The summed E-state index contributed by atoms with van der Waals surface area (Å²) in [5, 5.41) is 6.12. The van der Waals surface area contributed by atoms with E-state index in [1.54, 1.807) is 6.07 Å². The summed E-state index contributed by atoms with van der Waals surface area (Å²) in [5.41, 5.74) is 0.904. The lowest BCUT2D eigenvalue weighted by atomic mass is 10.1. The van der Waals surface area contributed by atoms with E-state index in [1.807, 2.05) is 6.07 Å². The van der Waals surface area contributed by atoms with Crippen LogP contribution in [-0.2, 0) is 11.2 Å². The Morgan fingerprint density at radius 3 is 2.79 bits per heavy atom. The molecule has 0 aliphatic carbocycles. The van der Waals surface area contributed by atoms with Crippen molar-refractivity contribution in [3.8, 4) is 0 Å². The standard InChI is InChI=1S/C15H23FN2O/c1-12(2)17-9-4-7-15(19)18-10-8-13-5-3-6-14(16)11-13/h3,5-6,11-12,17H,4,7-10H2,1-2H3,(H,18,19). The van der Waals surface area contributed by atoms with E-state index in [9.17, 15) is 9.18 Å². The molecule has 1 rings (SSSR count). The predicted molar refractivity (Wildman–Crippen MR) is 75.5 cm³/mol. The summed E-state index contributed by atoms with van der Waals surface area (Å²) in [4.78, 5) is 11.5. The minimum absolute atomic E-state index is 0.0574. The van der Waals surface area contributed by atoms with Crippen LogP contribution in [0.2, 0.25) is 0 Å². The van der Waals surface area contributed by atoms with Crippen LogP contribution in [0.1, 0.15) is 32.3 Å². The van der Waals surface area contributed by atoms with Gasteiger partial charge in [-0.2, -0.15) is 0 Å². The predicted octanol–water partition coefficient (Wildman–Crippen LogP) is 2.26. The molecule has 1 aromatic rings. The number of amides is 1. The van der Waals surface area contributed by atoms with Crippen LogP contribution in [0.25, 0.3) is 0 Å². The van der Waals surface area contributed by atoms with Gasteiger partial charge in [-0.05, 0) is 37.1 Å². The highest BCUT2D eigenvalue weighted by Gasteiger charge is 2.01. The maximum atomic E-state index is 12.9. The number of carbonyl (C=O) groups excluding carboxylic acids is 1. The molecule has 0 fully saturated rings. The van der Waals surface area contributed by atoms with Crippen molar-refractivity contribution < 1.29 is 9.18 Å². The van der Waals surface area contributed by atoms with Gasteiger partial charge in [0.25, 0.3) is 0 Å². The molecule has 3 nitrogen and oxygen atoms in total. The van der Waals surface area contributed by atoms with Gasteiger partial charge in [0.05, 0.1) is 0 Å². The van der Waals surface area contributed by atoms with Gasteiger partial charge in [-0.1, -0.05) is 26.0 Å². The smallest absolute Gasteiger partial charge is 0.220 e. The summed E-state index contributed by atoms with van der Waals surface area (Å²) in [6, 6.07) is 6.92. The second-order valence-corrected chi connectivity index (χ2v) is 4.94. The van der Waals surface area contributed by atoms with Crippen LogP contribution >= 0.6 is 0 Å². The molecule has 1 aromatic carbocycles. The molecule has 0 bridgehead atoms. The molecule has 0 saturated heterocycles. The Kier molecular flexibility index (Phi) is 7.11. The largest absolute Gasteiger partial charge is 0.356 e. The van der Waals surface area contributed by atoms with Crippen molar-refractivity contribution in [3.63, 3.8) is 0 Å². The first-order valence-corrected chi connectivity index (χ1v) is 6.82. The molecule has 19 heavy (non-hydrogen) atoms. The molecule has 0 saturated carbocycles. The SMILES string of the molecule is CC(C)NCCCC(=O)NCCc1cccc(F)c1. The van der Waals surface area contributed by atoms with Crippen molar-refractivity contribution in [1.29, 1.82) is 0 Å². The van der Waals surface area contributed by atoms with Gasteiger partial charge in [-0.25, -0.2) is 4.39 Å². The fraction of sp³-hybridized carbons (Fsp3) is 0.533. The minimum Gasteiger partial charge on any atom is -0.356 e. The minimum atomic E-state index is -0.233. The number of carbonyl (C=O) groups is 1. The molecule has 0 unspecified atom stereocenters. The molecular formula is C15H23FN2O. The third-order valence-corrected chi connectivity index (χ3v) is 2.76. The fourth-order valence-corrected chi connectivity index (χ4v) is 1.77. The van der Waals surface area contributed by atoms with E-state index in [4.69, 9.17) is 0 Å². The number of benzene rings is 1. The van der Waals surface area contributed by atoms with Gasteiger partial charge < -0.3 is 10.6 Å². The maximum absolute atomic E-state index is 12.9. The molecule has 0 aliphatic rings. The Labute approximate surface area is 114 Å². The zero-order valence-corrected chi connectivity index (χ0v) is 11.7. The van der Waals surface area contributed by atoms with Crippen molar-refractivity contribution >= 4 is 5.91 Å². The van der Waals surface area contributed by atoms with Gasteiger partial charge >= 0.3 is 0 Å². The second kappa shape index (κ2) is 8.64. The van der Waals surface area contributed by atoms with E-state index in [0.29, 0.717) is 25.4 Å². The first-order chi connectivity index (χ1) is 9.08. The van der Waals surface area contributed by atoms with Gasteiger partial charge in [0.15, 0.2) is 0 Å². The number of rotatable bonds is 8. The normalized spacial score (nSPS) is 10.7. The highest BCUT2D eigenvalue weighted by molar-refractivity contribution is 5.75. The topological polar surface area (TPSA) is 41.1 Å². The van der Waals surface area contributed by atoms with Gasteiger partial charge in [0, 0.05) is 19.0 Å². The molecule has 1 amide bonds. The summed E-state index contributed by atoms with van der Waals surface area (Å²) in [6.45, 7) is 5.58. The molecule has 0 heterocycles. The van der Waals surface area contributed by atoms with E-state index in [-0.39, 0.29) is 11.7 Å². The maximum Gasteiger partial charge on any atom is 0.220 e. The molecule has 0 aliphatic heterocycles. The molecule has 0 aromatic heterocycles. The van der Waals surface area contributed by atoms with E-state index in [0.717, 1.165) is 18.5 Å². The van der Waals surface area contributed by atoms with Crippen LogP contribution in [0.4, 0.5) is 4.39 Å². The lowest BCUT2D eigenvalue weighted by Crippen LogP contribution is -2.28. The van der Waals surface area contributed by atoms with Crippen LogP contribution < -0.4 is 10.6 Å². The fourth-order valence-electron chi connectivity index (χ4n) is 1.77. The average Bonchev–Trinajstić information content (AvgIpc) is 2.34. The monoisotopic (exact) mass is 266 g/mol. The zero-order valence-electron chi connectivity index (χ0n) is 11.7. The Hall–Kier alpha value is -1.42. The quantitative estimate of drug-likeness (QED) is 0.709. The third kappa shape index (κ3) is 7.57. The Morgan fingerprint density at radius 1 is 1.32 bits per heavy atom. The van der Waals surface area contributed by atoms with Crippen molar-refractivity contribution in [2.75, 3.05) is 13.1 Å². The van der Waals surface area contributed by atoms with E-state index in [1.165, 1.54) is 12.1 Å². The Morgan fingerprint density at radius 2 is 2.11 bits per heavy atom. The van der Waals surface area contributed by atoms with Crippen molar-refractivity contribution in [1.82, 2.24) is 10.6 Å². The molecule has 2 N–H and O–H groups in total. The van der Waals surface area contributed by atoms with E-state index >= 15 is 0 Å². The summed E-state index contributed by atoms with van der Waals surface area (Å²) >= 11 is 0. The number of hydrogen-bond acceptors (Lipinski definition) is 2. The number of nitrogens with one attached hydrogen (secondary N) is 2. The Bertz CT molecular complexity index is 393. The van der Waals surface area contributed by atoms with Crippen LogP contribution in [0.5, 0.6) is 0 Å².